The smallest absolute Gasteiger partial charge is 0.263 e. The number of aromatic nitrogens is 2. The number of carbonyl (C=O) groups excluding carboxylic acids is 1. The van der Waals surface area contributed by atoms with E-state index in [1.165, 1.54) is 44.1 Å². The minimum atomic E-state index is -3.60. The van der Waals surface area contributed by atoms with E-state index in [-0.39, 0.29) is 22.1 Å². The first-order chi connectivity index (χ1) is 16.7. The molecule has 1 fully saturated rings. The van der Waals surface area contributed by atoms with Crippen molar-refractivity contribution in [2.24, 2.45) is 0 Å². The van der Waals surface area contributed by atoms with Crippen molar-refractivity contribution in [2.75, 3.05) is 37.4 Å². The van der Waals surface area contributed by atoms with Crippen LogP contribution in [0.1, 0.15) is 10.4 Å². The molecule has 0 atom stereocenters. The third-order valence-electron chi connectivity index (χ3n) is 5.64. The van der Waals surface area contributed by atoms with E-state index in [9.17, 15) is 18.0 Å². The second-order valence-electron chi connectivity index (χ2n) is 7.94. The summed E-state index contributed by atoms with van der Waals surface area (Å²) in [6.07, 6.45) is 1.63. The highest BCUT2D eigenvalue weighted by molar-refractivity contribution is 7.99. The first-order valence-corrected chi connectivity index (χ1v) is 14.2. The average Bonchev–Trinajstić information content (AvgIpc) is 3.14. The van der Waals surface area contributed by atoms with Crippen molar-refractivity contribution in [1.29, 1.82) is 0 Å². The van der Waals surface area contributed by atoms with Crippen LogP contribution in [0.2, 0.25) is 0 Å². The lowest BCUT2D eigenvalue weighted by atomic mass is 10.2. The maximum atomic E-state index is 13.0. The summed E-state index contributed by atoms with van der Waals surface area (Å²) in [5, 5.41) is 3.82. The summed E-state index contributed by atoms with van der Waals surface area (Å²) >= 11 is 2.63. The number of carbonyl (C=O) groups is 1. The van der Waals surface area contributed by atoms with Gasteiger partial charge in [-0.2, -0.15) is 4.31 Å². The zero-order valence-corrected chi connectivity index (χ0v) is 21.9. The number of hydrogen-bond donors (Lipinski definition) is 1. The molecule has 1 aromatic carbocycles. The van der Waals surface area contributed by atoms with Gasteiger partial charge < -0.3 is 10.1 Å². The zero-order chi connectivity index (χ0) is 25.2. The molecule has 1 saturated heterocycles. The van der Waals surface area contributed by atoms with Crippen LogP contribution in [-0.2, 0) is 26.1 Å². The number of thiophene rings is 1. The molecule has 12 heteroatoms. The lowest BCUT2D eigenvalue weighted by Crippen LogP contribution is -2.40. The minimum Gasteiger partial charge on any atom is -0.379 e. The summed E-state index contributed by atoms with van der Waals surface area (Å²) in [6, 6.07) is 6.08. The largest absolute Gasteiger partial charge is 0.379 e. The molecule has 186 valence electrons. The molecule has 4 rings (SSSR count). The number of aryl methyl sites for hydroxylation is 2. The van der Waals surface area contributed by atoms with E-state index < -0.39 is 10.0 Å². The molecule has 1 amide bonds. The van der Waals surface area contributed by atoms with Gasteiger partial charge in [-0.15, -0.1) is 17.9 Å². The number of amides is 1. The number of allylic oxidation sites excluding steroid dienone is 1. The van der Waals surface area contributed by atoms with E-state index in [1.807, 2.05) is 13.8 Å². The summed E-state index contributed by atoms with van der Waals surface area (Å²) < 4.78 is 33.6. The predicted molar refractivity (Wildman–Crippen MR) is 139 cm³/mol. The lowest BCUT2D eigenvalue weighted by Gasteiger charge is -2.26. The van der Waals surface area contributed by atoms with Crippen molar-refractivity contribution < 1.29 is 17.9 Å². The monoisotopic (exact) mass is 534 g/mol. The van der Waals surface area contributed by atoms with Crippen LogP contribution in [0.15, 0.2) is 51.8 Å². The van der Waals surface area contributed by atoms with Gasteiger partial charge in [0.15, 0.2) is 5.16 Å². The Kier molecular flexibility index (Phi) is 7.77. The number of fused-ring (bicyclic) bond motifs is 1. The zero-order valence-electron chi connectivity index (χ0n) is 19.4. The van der Waals surface area contributed by atoms with Crippen LogP contribution in [0.25, 0.3) is 10.2 Å². The maximum Gasteiger partial charge on any atom is 0.263 e. The molecule has 3 heterocycles. The molecule has 1 aliphatic heterocycles. The van der Waals surface area contributed by atoms with Gasteiger partial charge in [-0.05, 0) is 43.7 Å². The Morgan fingerprint density at radius 1 is 1.26 bits per heavy atom. The minimum absolute atomic E-state index is 0.0340. The number of benzene rings is 1. The molecule has 2 aromatic heterocycles. The Bertz CT molecular complexity index is 1420. The molecule has 0 aliphatic carbocycles. The number of nitrogens with zero attached hydrogens (tertiary/aromatic N) is 3. The van der Waals surface area contributed by atoms with Crippen molar-refractivity contribution in [3.8, 4) is 0 Å². The van der Waals surface area contributed by atoms with E-state index in [0.29, 0.717) is 53.9 Å². The summed E-state index contributed by atoms with van der Waals surface area (Å²) in [6.45, 7) is 9.27. The van der Waals surface area contributed by atoms with Crippen molar-refractivity contribution >= 4 is 54.9 Å². The first-order valence-electron chi connectivity index (χ1n) is 10.9. The van der Waals surface area contributed by atoms with E-state index in [1.54, 1.807) is 18.2 Å². The number of rotatable bonds is 8. The van der Waals surface area contributed by atoms with E-state index >= 15 is 0 Å². The van der Waals surface area contributed by atoms with Crippen LogP contribution in [-0.4, -0.2) is 60.2 Å². The van der Waals surface area contributed by atoms with E-state index in [2.05, 4.69) is 16.9 Å². The molecule has 1 aliphatic rings. The standard InChI is InChI=1S/C23H26N4O5S3/c1-4-9-27-22(29)20-15(2)16(3)34-21(20)25-23(27)33-14-19(28)24-17-5-7-18(8-6-17)35(30,31)26-10-12-32-13-11-26/h4-8H,1,9-14H2,2-3H3,(H,24,28). The molecule has 0 unspecified atom stereocenters. The molecule has 0 radical (unpaired) electrons. The number of thioether (sulfide) groups is 1. The van der Waals surface area contributed by atoms with Gasteiger partial charge in [0.2, 0.25) is 15.9 Å². The summed E-state index contributed by atoms with van der Waals surface area (Å²) in [5.41, 5.74) is 1.26. The normalized spacial score (nSPS) is 14.8. The molecule has 0 bridgehead atoms. The Balaban J connectivity index is 1.45. The Hall–Kier alpha value is -2.51. The highest BCUT2D eigenvalue weighted by Gasteiger charge is 2.26. The van der Waals surface area contributed by atoms with E-state index in [4.69, 9.17) is 4.74 Å². The molecule has 35 heavy (non-hydrogen) atoms. The molecule has 1 N–H and O–H groups in total. The van der Waals surface area contributed by atoms with Crippen LogP contribution < -0.4 is 10.9 Å². The van der Waals surface area contributed by atoms with Crippen molar-refractivity contribution in [2.45, 2.75) is 30.4 Å². The number of anilines is 1. The van der Waals surface area contributed by atoms with Crippen molar-refractivity contribution in [3.05, 3.63) is 57.7 Å². The number of morpholine rings is 1. The molecule has 0 saturated carbocycles. The van der Waals surface area contributed by atoms with Gasteiger partial charge in [-0.1, -0.05) is 17.8 Å². The fourth-order valence-electron chi connectivity index (χ4n) is 3.68. The number of sulfonamides is 1. The molecule has 9 nitrogen and oxygen atoms in total. The molecular formula is C23H26N4O5S3. The third-order valence-corrected chi connectivity index (χ3v) is 9.63. The van der Waals surface area contributed by atoms with Crippen molar-refractivity contribution in [1.82, 2.24) is 13.9 Å². The fraction of sp³-hybridized carbons (Fsp3) is 0.348. The summed E-state index contributed by atoms with van der Waals surface area (Å²) in [5.74, 6) is -0.261. The Labute approximate surface area is 211 Å². The predicted octanol–water partition coefficient (Wildman–Crippen LogP) is 3.01. The summed E-state index contributed by atoms with van der Waals surface area (Å²) in [7, 11) is -3.60. The molecular weight excluding hydrogens is 508 g/mol. The Morgan fingerprint density at radius 2 is 1.94 bits per heavy atom. The van der Waals surface area contributed by atoms with Gasteiger partial charge in [-0.3, -0.25) is 14.2 Å². The van der Waals surface area contributed by atoms with Crippen LogP contribution in [0.3, 0.4) is 0 Å². The van der Waals surface area contributed by atoms with Crippen LogP contribution in [0.4, 0.5) is 5.69 Å². The SMILES string of the molecule is C=CCn1c(SCC(=O)Nc2ccc(S(=O)(=O)N3CCOCC3)cc2)nc2sc(C)c(C)c2c1=O. The highest BCUT2D eigenvalue weighted by atomic mass is 32.2. The van der Waals surface area contributed by atoms with Crippen LogP contribution in [0.5, 0.6) is 0 Å². The van der Waals surface area contributed by atoms with E-state index in [0.717, 1.165) is 10.4 Å². The van der Waals surface area contributed by atoms with Gasteiger partial charge in [0, 0.05) is 30.2 Å². The van der Waals surface area contributed by atoms with Gasteiger partial charge in [0.1, 0.15) is 4.83 Å². The number of hydrogen-bond acceptors (Lipinski definition) is 8. The van der Waals surface area contributed by atoms with Gasteiger partial charge in [-0.25, -0.2) is 13.4 Å². The lowest BCUT2D eigenvalue weighted by molar-refractivity contribution is -0.113. The van der Waals surface area contributed by atoms with Crippen LogP contribution in [0, 0.1) is 13.8 Å². The van der Waals surface area contributed by atoms with Gasteiger partial charge in [0.05, 0.1) is 29.2 Å². The number of ether oxygens (including phenoxy) is 1. The highest BCUT2D eigenvalue weighted by Crippen LogP contribution is 2.28. The summed E-state index contributed by atoms with van der Waals surface area (Å²) in [4.78, 5) is 32.1. The van der Waals surface area contributed by atoms with Gasteiger partial charge in [0.25, 0.3) is 5.56 Å². The molecule has 0 spiro atoms. The fourth-order valence-corrected chi connectivity index (χ4v) is 6.97. The van der Waals surface area contributed by atoms with Crippen molar-refractivity contribution in [3.63, 3.8) is 0 Å². The third kappa shape index (κ3) is 5.36. The van der Waals surface area contributed by atoms with Gasteiger partial charge >= 0.3 is 0 Å². The Morgan fingerprint density at radius 3 is 2.60 bits per heavy atom. The first kappa shape index (κ1) is 25.6. The maximum absolute atomic E-state index is 13.0. The quantitative estimate of drug-likeness (QED) is 0.269. The average molecular weight is 535 g/mol. The second-order valence-corrected chi connectivity index (χ2v) is 12.0. The number of nitrogens with one attached hydrogen (secondary N) is 1. The second kappa shape index (κ2) is 10.6. The topological polar surface area (TPSA) is 111 Å². The van der Waals surface area contributed by atoms with Crippen LogP contribution >= 0.6 is 23.1 Å². The molecule has 3 aromatic rings.